The maximum absolute atomic E-state index is 13.3. The number of nitrogens with one attached hydrogen (secondary N) is 1. The Bertz CT molecular complexity index is 984. The van der Waals surface area contributed by atoms with Crippen LogP contribution in [-0.2, 0) is 11.3 Å². The first-order chi connectivity index (χ1) is 15.8. The second-order valence-corrected chi connectivity index (χ2v) is 8.57. The van der Waals surface area contributed by atoms with E-state index in [1.807, 2.05) is 6.07 Å². The molecule has 1 saturated carbocycles. The van der Waals surface area contributed by atoms with Crippen molar-refractivity contribution in [3.8, 4) is 5.88 Å². The summed E-state index contributed by atoms with van der Waals surface area (Å²) in [6.07, 6.45) is 1.51. The molecule has 2 amide bonds. The maximum atomic E-state index is 13.3. The number of nitrogens with zero attached hydrogens (tertiary/aromatic N) is 2. The van der Waals surface area contributed by atoms with Gasteiger partial charge in [-0.05, 0) is 48.9 Å². The number of hydrogen-bond acceptors (Lipinski definition) is 4. The zero-order valence-electron chi connectivity index (χ0n) is 18.1. The van der Waals surface area contributed by atoms with Crippen LogP contribution in [0.2, 0.25) is 0 Å². The molecule has 1 aromatic carbocycles. The minimum absolute atomic E-state index is 0.0468. The number of carbonyl (C=O) groups is 2. The number of benzene rings is 1. The van der Waals surface area contributed by atoms with Gasteiger partial charge in [0.25, 0.3) is 5.91 Å². The quantitative estimate of drug-likeness (QED) is 0.703. The Morgan fingerprint density at radius 1 is 1.12 bits per heavy atom. The summed E-state index contributed by atoms with van der Waals surface area (Å²) in [6.45, 7) is -1.33. The number of aromatic nitrogens is 1. The monoisotopic (exact) mass is 461 g/mol. The summed E-state index contributed by atoms with van der Waals surface area (Å²) in [5, 5.41) is 2.85. The number of alkyl halides is 3. The van der Waals surface area contributed by atoms with Crippen LogP contribution in [0.5, 0.6) is 5.88 Å². The van der Waals surface area contributed by atoms with E-state index < -0.39 is 18.8 Å². The predicted molar refractivity (Wildman–Crippen MR) is 114 cm³/mol. The van der Waals surface area contributed by atoms with E-state index >= 15 is 0 Å². The number of halogens is 3. The third kappa shape index (κ3) is 5.64. The molecule has 9 heteroatoms. The van der Waals surface area contributed by atoms with Gasteiger partial charge in [0.1, 0.15) is 6.04 Å². The van der Waals surface area contributed by atoms with Crippen LogP contribution in [0.15, 0.2) is 48.7 Å². The van der Waals surface area contributed by atoms with Crippen molar-refractivity contribution in [2.24, 2.45) is 5.92 Å². The maximum Gasteiger partial charge on any atom is 0.422 e. The molecule has 1 aliphatic heterocycles. The van der Waals surface area contributed by atoms with Crippen LogP contribution < -0.4 is 10.1 Å². The van der Waals surface area contributed by atoms with E-state index in [0.717, 1.165) is 25.7 Å². The fraction of sp³-hybridized carbons (Fsp3) is 0.458. The average molecular weight is 461 g/mol. The Morgan fingerprint density at radius 2 is 1.88 bits per heavy atom. The van der Waals surface area contributed by atoms with Crippen LogP contribution in [0.25, 0.3) is 0 Å². The molecule has 33 heavy (non-hydrogen) atoms. The fourth-order valence-corrected chi connectivity index (χ4v) is 4.82. The molecule has 3 atom stereocenters. The molecular formula is C24H26F3N3O3. The van der Waals surface area contributed by atoms with Crippen molar-refractivity contribution >= 4 is 11.8 Å². The number of carbonyl (C=O) groups excluding carboxylic acids is 2. The zero-order valence-corrected chi connectivity index (χ0v) is 18.1. The van der Waals surface area contributed by atoms with Gasteiger partial charge in [-0.1, -0.05) is 31.0 Å². The number of fused-ring (bicyclic) bond motifs is 1. The molecule has 1 aromatic heterocycles. The Kier molecular flexibility index (Phi) is 6.85. The van der Waals surface area contributed by atoms with Crippen molar-refractivity contribution in [2.75, 3.05) is 6.61 Å². The first kappa shape index (κ1) is 23.1. The van der Waals surface area contributed by atoms with Crippen LogP contribution in [0, 0.1) is 5.92 Å². The van der Waals surface area contributed by atoms with Crippen molar-refractivity contribution < 1.29 is 27.5 Å². The van der Waals surface area contributed by atoms with Gasteiger partial charge >= 0.3 is 6.18 Å². The number of hydrogen-bond donors (Lipinski definition) is 1. The summed E-state index contributed by atoms with van der Waals surface area (Å²) in [5.41, 5.74) is 1.12. The molecule has 4 rings (SSSR count). The average Bonchev–Trinajstić information content (AvgIpc) is 3.21. The highest BCUT2D eigenvalue weighted by Gasteiger charge is 2.47. The molecule has 6 nitrogen and oxygen atoms in total. The van der Waals surface area contributed by atoms with Crippen LogP contribution in [-0.4, -0.2) is 46.6 Å². The molecule has 2 fully saturated rings. The summed E-state index contributed by atoms with van der Waals surface area (Å²) in [4.78, 5) is 32.0. The van der Waals surface area contributed by atoms with Crippen molar-refractivity contribution in [3.05, 3.63) is 59.8 Å². The van der Waals surface area contributed by atoms with E-state index in [-0.39, 0.29) is 30.3 Å². The highest BCUT2D eigenvalue weighted by Crippen LogP contribution is 2.40. The third-order valence-corrected chi connectivity index (χ3v) is 6.30. The fourth-order valence-electron chi connectivity index (χ4n) is 4.82. The Balaban J connectivity index is 1.44. The lowest BCUT2D eigenvalue weighted by molar-refractivity contribution is -0.154. The SMILES string of the molecule is O=C(NCc1ccnc(OCC(F)(F)F)c1)C1CC2CCCCC2N1C(=O)c1ccccc1. The zero-order chi connectivity index (χ0) is 23.4. The van der Waals surface area contributed by atoms with Gasteiger partial charge in [-0.15, -0.1) is 0 Å². The molecule has 1 aliphatic carbocycles. The minimum atomic E-state index is -4.46. The Morgan fingerprint density at radius 3 is 2.64 bits per heavy atom. The van der Waals surface area contributed by atoms with Crippen LogP contribution in [0.4, 0.5) is 13.2 Å². The smallest absolute Gasteiger partial charge is 0.422 e. The van der Waals surface area contributed by atoms with Gasteiger partial charge < -0.3 is 15.0 Å². The molecule has 0 spiro atoms. The van der Waals surface area contributed by atoms with Gasteiger partial charge in [0.05, 0.1) is 0 Å². The molecule has 3 unspecified atom stereocenters. The van der Waals surface area contributed by atoms with Gasteiger partial charge in [0.15, 0.2) is 6.61 Å². The number of likely N-dealkylation sites (tertiary alicyclic amines) is 1. The van der Waals surface area contributed by atoms with Crippen LogP contribution >= 0.6 is 0 Å². The lowest BCUT2D eigenvalue weighted by atomic mass is 9.84. The Hall–Kier alpha value is -3.10. The molecule has 2 aliphatic rings. The number of amides is 2. The first-order valence-corrected chi connectivity index (χ1v) is 11.1. The lowest BCUT2D eigenvalue weighted by Crippen LogP contribution is -2.49. The van der Waals surface area contributed by atoms with Crippen LogP contribution in [0.1, 0.15) is 48.0 Å². The second kappa shape index (κ2) is 9.80. The van der Waals surface area contributed by atoms with Crippen LogP contribution in [0.3, 0.4) is 0 Å². The van der Waals surface area contributed by atoms with E-state index in [9.17, 15) is 22.8 Å². The largest absolute Gasteiger partial charge is 0.468 e. The third-order valence-electron chi connectivity index (χ3n) is 6.30. The summed E-state index contributed by atoms with van der Waals surface area (Å²) in [5.74, 6) is -0.266. The summed E-state index contributed by atoms with van der Waals surface area (Å²) in [7, 11) is 0. The molecule has 0 bridgehead atoms. The summed E-state index contributed by atoms with van der Waals surface area (Å²) in [6, 6.07) is 11.4. The summed E-state index contributed by atoms with van der Waals surface area (Å²) >= 11 is 0. The van der Waals surface area contributed by atoms with Crippen molar-refractivity contribution in [1.29, 1.82) is 0 Å². The van der Waals surface area contributed by atoms with E-state index in [1.54, 1.807) is 35.2 Å². The predicted octanol–water partition coefficient (Wildman–Crippen LogP) is 4.11. The number of rotatable bonds is 6. The van der Waals surface area contributed by atoms with E-state index in [0.29, 0.717) is 23.5 Å². The highest BCUT2D eigenvalue weighted by molar-refractivity contribution is 5.98. The topological polar surface area (TPSA) is 71.5 Å². The van der Waals surface area contributed by atoms with Crippen molar-refractivity contribution in [1.82, 2.24) is 15.2 Å². The number of ether oxygens (including phenoxy) is 1. The molecule has 2 heterocycles. The van der Waals surface area contributed by atoms with E-state index in [2.05, 4.69) is 15.0 Å². The van der Waals surface area contributed by atoms with Gasteiger partial charge in [0.2, 0.25) is 11.8 Å². The molecule has 0 radical (unpaired) electrons. The second-order valence-electron chi connectivity index (χ2n) is 8.57. The highest BCUT2D eigenvalue weighted by atomic mass is 19.4. The van der Waals surface area contributed by atoms with Gasteiger partial charge in [-0.3, -0.25) is 9.59 Å². The van der Waals surface area contributed by atoms with Gasteiger partial charge in [-0.25, -0.2) is 4.98 Å². The minimum Gasteiger partial charge on any atom is -0.468 e. The normalized spacial score (nSPS) is 22.5. The van der Waals surface area contributed by atoms with Crippen molar-refractivity contribution in [3.63, 3.8) is 0 Å². The standard InChI is InChI=1S/C24H26F3N3O3/c25-24(26,27)15-33-21-12-16(10-11-28-21)14-29-22(31)20-13-18-8-4-5-9-19(18)30(20)23(32)17-6-2-1-3-7-17/h1-3,6-7,10-12,18-20H,4-5,8-9,13-15H2,(H,29,31). The lowest BCUT2D eigenvalue weighted by Gasteiger charge is -2.33. The van der Waals surface area contributed by atoms with E-state index in [1.165, 1.54) is 12.3 Å². The molecule has 2 aromatic rings. The first-order valence-electron chi connectivity index (χ1n) is 11.1. The summed E-state index contributed by atoms with van der Waals surface area (Å²) < 4.78 is 41.8. The number of pyridine rings is 1. The Labute approximate surface area is 190 Å². The van der Waals surface area contributed by atoms with Gasteiger partial charge in [0, 0.05) is 30.4 Å². The van der Waals surface area contributed by atoms with E-state index in [4.69, 9.17) is 0 Å². The molecule has 176 valence electrons. The molecule has 1 N–H and O–H groups in total. The van der Waals surface area contributed by atoms with Crippen molar-refractivity contribution in [2.45, 2.75) is 56.9 Å². The molecule has 1 saturated heterocycles. The molecular weight excluding hydrogens is 435 g/mol. The van der Waals surface area contributed by atoms with Gasteiger partial charge in [-0.2, -0.15) is 13.2 Å².